The Labute approximate surface area is 199 Å². The van der Waals surface area contributed by atoms with Gasteiger partial charge in [0.1, 0.15) is 0 Å². The first-order valence-corrected chi connectivity index (χ1v) is 12.0. The summed E-state index contributed by atoms with van der Waals surface area (Å²) in [5.41, 5.74) is 4.28. The van der Waals surface area contributed by atoms with Crippen LogP contribution in [-0.2, 0) is 13.0 Å². The van der Waals surface area contributed by atoms with Crippen LogP contribution in [0.3, 0.4) is 0 Å². The molecule has 6 nitrogen and oxygen atoms in total. The van der Waals surface area contributed by atoms with Crippen molar-refractivity contribution in [2.24, 2.45) is 0 Å². The number of hydrogen-bond donors (Lipinski definition) is 0. The fourth-order valence-electron chi connectivity index (χ4n) is 4.61. The maximum Gasteiger partial charge on any atom is 0.254 e. The molecular formula is C26H29ClN4O2. The molecule has 2 heterocycles. The van der Waals surface area contributed by atoms with E-state index < -0.39 is 0 Å². The SMILES string of the molecule is Cc1c(Cc2nnc(C3CC3)o2)cc(Cl)cc1CN1CCN(C(=O)c2ccccc2)[C@@H](C)C1. The number of halogens is 1. The Morgan fingerprint density at radius 2 is 1.88 bits per heavy atom. The number of amides is 1. The number of nitrogens with zero attached hydrogens (tertiary/aromatic N) is 4. The number of rotatable bonds is 6. The van der Waals surface area contributed by atoms with Crippen LogP contribution in [0.15, 0.2) is 46.9 Å². The van der Waals surface area contributed by atoms with Crippen molar-refractivity contribution in [1.82, 2.24) is 20.0 Å². The number of benzene rings is 2. The molecule has 0 unspecified atom stereocenters. The molecule has 1 aliphatic carbocycles. The van der Waals surface area contributed by atoms with E-state index in [0.29, 0.717) is 24.8 Å². The molecule has 0 spiro atoms. The minimum atomic E-state index is 0.106. The predicted octanol–water partition coefficient (Wildman–Crippen LogP) is 4.85. The van der Waals surface area contributed by atoms with Crippen LogP contribution in [0.25, 0.3) is 0 Å². The van der Waals surface area contributed by atoms with Crippen LogP contribution in [0.4, 0.5) is 0 Å². The van der Waals surface area contributed by atoms with Gasteiger partial charge in [-0.25, -0.2) is 0 Å². The lowest BCUT2D eigenvalue weighted by atomic mass is 9.99. The molecule has 1 saturated heterocycles. The summed E-state index contributed by atoms with van der Waals surface area (Å²) >= 11 is 6.49. The summed E-state index contributed by atoms with van der Waals surface area (Å²) in [6.45, 7) is 7.43. The monoisotopic (exact) mass is 464 g/mol. The van der Waals surface area contributed by atoms with Gasteiger partial charge >= 0.3 is 0 Å². The van der Waals surface area contributed by atoms with E-state index in [0.717, 1.165) is 54.5 Å². The van der Waals surface area contributed by atoms with Crippen molar-refractivity contribution in [2.45, 2.75) is 51.6 Å². The Hall–Kier alpha value is -2.70. The van der Waals surface area contributed by atoms with Gasteiger partial charge in [0.2, 0.25) is 11.8 Å². The average Bonchev–Trinajstić information content (AvgIpc) is 3.56. The zero-order valence-electron chi connectivity index (χ0n) is 19.1. The van der Waals surface area contributed by atoms with Crippen LogP contribution in [0, 0.1) is 6.92 Å². The van der Waals surface area contributed by atoms with Gasteiger partial charge in [0.25, 0.3) is 5.91 Å². The second-order valence-corrected chi connectivity index (χ2v) is 9.72. The summed E-state index contributed by atoms with van der Waals surface area (Å²) in [6, 6.07) is 13.7. The number of piperazine rings is 1. The van der Waals surface area contributed by atoms with Gasteiger partial charge in [-0.3, -0.25) is 9.69 Å². The van der Waals surface area contributed by atoms with E-state index in [1.807, 2.05) is 41.3 Å². The lowest BCUT2D eigenvalue weighted by Crippen LogP contribution is -2.53. The Bertz CT molecular complexity index is 1140. The summed E-state index contributed by atoms with van der Waals surface area (Å²) < 4.78 is 5.87. The summed E-state index contributed by atoms with van der Waals surface area (Å²) in [6.07, 6.45) is 2.88. The molecule has 1 aliphatic heterocycles. The van der Waals surface area contributed by atoms with E-state index in [9.17, 15) is 4.79 Å². The van der Waals surface area contributed by atoms with Crippen molar-refractivity contribution in [2.75, 3.05) is 19.6 Å². The van der Waals surface area contributed by atoms with E-state index in [4.69, 9.17) is 16.0 Å². The third kappa shape index (κ3) is 4.97. The third-order valence-corrected chi connectivity index (χ3v) is 6.94. The van der Waals surface area contributed by atoms with Crippen molar-refractivity contribution in [3.8, 4) is 0 Å². The lowest BCUT2D eigenvalue weighted by molar-refractivity contribution is 0.0475. The molecule has 1 atom stereocenters. The number of carbonyl (C=O) groups is 1. The van der Waals surface area contributed by atoms with Gasteiger partial charge in [-0.1, -0.05) is 29.8 Å². The molecule has 0 bridgehead atoms. The van der Waals surface area contributed by atoms with Crippen LogP contribution in [0.5, 0.6) is 0 Å². The summed E-state index contributed by atoms with van der Waals surface area (Å²) in [5, 5.41) is 9.17. The van der Waals surface area contributed by atoms with E-state index in [2.05, 4.69) is 35.0 Å². The van der Waals surface area contributed by atoms with Crippen molar-refractivity contribution in [3.63, 3.8) is 0 Å². The first kappa shape index (κ1) is 22.1. The summed E-state index contributed by atoms with van der Waals surface area (Å²) in [5.74, 6) is 1.97. The number of hydrogen-bond acceptors (Lipinski definition) is 5. The van der Waals surface area contributed by atoms with Crippen LogP contribution in [0.2, 0.25) is 5.02 Å². The first-order valence-electron chi connectivity index (χ1n) is 11.7. The molecular weight excluding hydrogens is 436 g/mol. The van der Waals surface area contributed by atoms with E-state index in [-0.39, 0.29) is 11.9 Å². The Morgan fingerprint density at radius 3 is 2.61 bits per heavy atom. The maximum absolute atomic E-state index is 12.9. The predicted molar refractivity (Wildman–Crippen MR) is 127 cm³/mol. The Balaban J connectivity index is 1.26. The first-order chi connectivity index (χ1) is 16.0. The summed E-state index contributed by atoms with van der Waals surface area (Å²) in [7, 11) is 0. The topological polar surface area (TPSA) is 62.5 Å². The van der Waals surface area contributed by atoms with Crippen LogP contribution in [0.1, 0.15) is 64.5 Å². The van der Waals surface area contributed by atoms with Gasteiger partial charge in [-0.05, 0) is 67.6 Å². The van der Waals surface area contributed by atoms with Crippen LogP contribution >= 0.6 is 11.6 Å². The standard InChI is InChI=1S/C26H29ClN4O2/c1-17-15-30(10-11-31(17)26(32)20-6-4-3-5-7-20)16-22-13-23(27)12-21(18(22)2)14-24-28-29-25(33-24)19-8-9-19/h3-7,12-13,17,19H,8-11,14-16H2,1-2H3/t17-/m0/s1. The van der Waals surface area contributed by atoms with Gasteiger partial charge < -0.3 is 9.32 Å². The van der Waals surface area contributed by atoms with Crippen molar-refractivity contribution >= 4 is 17.5 Å². The quantitative estimate of drug-likeness (QED) is 0.522. The molecule has 3 aromatic rings. The van der Waals surface area contributed by atoms with Crippen LogP contribution in [-0.4, -0.2) is 51.6 Å². The summed E-state index contributed by atoms with van der Waals surface area (Å²) in [4.78, 5) is 17.3. The number of aromatic nitrogens is 2. The molecule has 7 heteroatoms. The Kier molecular flexibility index (Phi) is 6.21. The van der Waals surface area contributed by atoms with Gasteiger partial charge in [-0.2, -0.15) is 0 Å². The highest BCUT2D eigenvalue weighted by atomic mass is 35.5. The highest BCUT2D eigenvalue weighted by Crippen LogP contribution is 2.39. The van der Waals surface area contributed by atoms with E-state index >= 15 is 0 Å². The smallest absolute Gasteiger partial charge is 0.254 e. The molecule has 33 heavy (non-hydrogen) atoms. The van der Waals surface area contributed by atoms with Crippen molar-refractivity contribution < 1.29 is 9.21 Å². The highest BCUT2D eigenvalue weighted by molar-refractivity contribution is 6.30. The molecule has 0 N–H and O–H groups in total. The van der Waals surface area contributed by atoms with Gasteiger partial charge in [0.05, 0.1) is 6.42 Å². The molecule has 2 fully saturated rings. The minimum absolute atomic E-state index is 0.106. The maximum atomic E-state index is 12.9. The minimum Gasteiger partial charge on any atom is -0.425 e. The Morgan fingerprint density at radius 1 is 1.12 bits per heavy atom. The van der Waals surface area contributed by atoms with Crippen molar-refractivity contribution in [3.05, 3.63) is 81.5 Å². The fourth-order valence-corrected chi connectivity index (χ4v) is 4.87. The fraction of sp³-hybridized carbons (Fsp3) is 0.423. The zero-order valence-corrected chi connectivity index (χ0v) is 19.9. The van der Waals surface area contributed by atoms with E-state index in [1.165, 1.54) is 11.1 Å². The number of carbonyl (C=O) groups excluding carboxylic acids is 1. The van der Waals surface area contributed by atoms with Crippen molar-refractivity contribution in [1.29, 1.82) is 0 Å². The molecule has 2 aromatic carbocycles. The van der Waals surface area contributed by atoms with Crippen LogP contribution < -0.4 is 0 Å². The lowest BCUT2D eigenvalue weighted by Gasteiger charge is -2.40. The largest absolute Gasteiger partial charge is 0.425 e. The molecule has 5 rings (SSSR count). The van der Waals surface area contributed by atoms with Gasteiger partial charge in [0, 0.05) is 48.7 Å². The molecule has 1 aromatic heterocycles. The second-order valence-electron chi connectivity index (χ2n) is 9.28. The molecule has 1 saturated carbocycles. The second kappa shape index (κ2) is 9.27. The van der Waals surface area contributed by atoms with Gasteiger partial charge in [-0.15, -0.1) is 10.2 Å². The highest BCUT2D eigenvalue weighted by Gasteiger charge is 2.30. The van der Waals surface area contributed by atoms with Gasteiger partial charge in [0.15, 0.2) is 0 Å². The zero-order chi connectivity index (χ0) is 22.9. The van der Waals surface area contributed by atoms with E-state index in [1.54, 1.807) is 0 Å². The average molecular weight is 465 g/mol. The normalized spacial score (nSPS) is 19.1. The molecule has 0 radical (unpaired) electrons. The molecule has 1 amide bonds. The molecule has 172 valence electrons. The molecule has 2 aliphatic rings. The third-order valence-electron chi connectivity index (χ3n) is 6.73.